The minimum Gasteiger partial charge on any atom is -0.299 e. The summed E-state index contributed by atoms with van der Waals surface area (Å²) in [5.74, 6) is -0.137. The molecule has 1 heterocycles. The number of hydrogen-bond donors (Lipinski definition) is 0. The number of rotatable bonds is 4. The van der Waals surface area contributed by atoms with Crippen LogP contribution in [0.5, 0.6) is 0 Å². The van der Waals surface area contributed by atoms with Crippen LogP contribution in [0.15, 0.2) is 6.33 Å². The third kappa shape index (κ3) is 4.00. The Morgan fingerprint density at radius 2 is 2.12 bits per heavy atom. The van der Waals surface area contributed by atoms with Crippen LogP contribution in [0.25, 0.3) is 0 Å². The predicted octanol–water partition coefficient (Wildman–Crippen LogP) is 1.61. The van der Waals surface area contributed by atoms with Crippen molar-refractivity contribution in [2.45, 2.75) is 33.0 Å². The molecule has 1 aromatic rings. The molecule has 0 saturated heterocycles. The van der Waals surface area contributed by atoms with E-state index in [1.54, 1.807) is 13.8 Å². The van der Waals surface area contributed by atoms with Gasteiger partial charge in [0.05, 0.1) is 6.42 Å². The number of aromatic nitrogens is 3. The summed E-state index contributed by atoms with van der Waals surface area (Å²) in [5, 5.41) is 3.58. The summed E-state index contributed by atoms with van der Waals surface area (Å²) >= 11 is 0. The number of nitrogens with zero attached hydrogens (tertiary/aromatic N) is 3. The molecule has 0 N–H and O–H groups in total. The fourth-order valence-corrected chi connectivity index (χ4v) is 1.03. The van der Waals surface area contributed by atoms with Gasteiger partial charge in [-0.15, -0.1) is 0 Å². The fourth-order valence-electron chi connectivity index (χ4n) is 1.03. The van der Waals surface area contributed by atoms with Crippen molar-refractivity contribution < 1.29 is 18.0 Å². The van der Waals surface area contributed by atoms with Gasteiger partial charge in [0.2, 0.25) is 0 Å². The first-order valence-electron chi connectivity index (χ1n) is 4.75. The quantitative estimate of drug-likeness (QED) is 0.796. The Labute approximate surface area is 90.5 Å². The Morgan fingerprint density at radius 3 is 2.62 bits per heavy atom. The van der Waals surface area contributed by atoms with Gasteiger partial charge in [-0.25, -0.2) is 9.67 Å². The topological polar surface area (TPSA) is 47.8 Å². The zero-order valence-electron chi connectivity index (χ0n) is 8.95. The molecule has 0 aliphatic carbocycles. The van der Waals surface area contributed by atoms with Crippen molar-refractivity contribution in [3.63, 3.8) is 0 Å². The van der Waals surface area contributed by atoms with E-state index in [1.807, 2.05) is 0 Å². The number of carbonyl (C=O) groups excluding carboxylic acids is 1. The monoisotopic (exact) mass is 235 g/mol. The maximum absolute atomic E-state index is 12.0. The summed E-state index contributed by atoms with van der Waals surface area (Å²) in [6, 6.07) is 0. The molecule has 0 fully saturated rings. The normalized spacial score (nSPS) is 12.1. The minimum atomic E-state index is -4.33. The maximum atomic E-state index is 12.0. The molecule has 0 saturated carbocycles. The van der Waals surface area contributed by atoms with Gasteiger partial charge in [-0.1, -0.05) is 13.8 Å². The van der Waals surface area contributed by atoms with E-state index < -0.39 is 12.7 Å². The average molecular weight is 235 g/mol. The van der Waals surface area contributed by atoms with E-state index in [2.05, 4.69) is 10.1 Å². The molecule has 1 rings (SSSR count). The largest absolute Gasteiger partial charge is 0.408 e. The average Bonchev–Trinajstić information content (AvgIpc) is 2.49. The molecular formula is C9H12F3N3O. The van der Waals surface area contributed by atoms with Crippen LogP contribution in [-0.4, -0.2) is 26.7 Å². The van der Waals surface area contributed by atoms with Gasteiger partial charge in [-0.3, -0.25) is 4.79 Å². The highest BCUT2D eigenvalue weighted by Crippen LogP contribution is 2.16. The van der Waals surface area contributed by atoms with Gasteiger partial charge in [0, 0.05) is 5.92 Å². The SMILES string of the molecule is CC(C)C(=O)Cc1ncn(CC(F)(F)F)n1. The lowest BCUT2D eigenvalue weighted by Crippen LogP contribution is -2.18. The molecule has 0 atom stereocenters. The van der Waals surface area contributed by atoms with Gasteiger partial charge >= 0.3 is 6.18 Å². The van der Waals surface area contributed by atoms with E-state index in [9.17, 15) is 18.0 Å². The van der Waals surface area contributed by atoms with Crippen LogP contribution in [-0.2, 0) is 17.8 Å². The summed E-state index contributed by atoms with van der Waals surface area (Å²) < 4.78 is 36.6. The van der Waals surface area contributed by atoms with E-state index in [1.165, 1.54) is 0 Å². The lowest BCUT2D eigenvalue weighted by Gasteiger charge is -2.04. The molecule has 16 heavy (non-hydrogen) atoms. The smallest absolute Gasteiger partial charge is 0.299 e. The molecule has 0 aromatic carbocycles. The molecule has 90 valence electrons. The molecule has 1 aromatic heterocycles. The third-order valence-corrected chi connectivity index (χ3v) is 1.90. The Morgan fingerprint density at radius 1 is 1.50 bits per heavy atom. The van der Waals surface area contributed by atoms with Crippen molar-refractivity contribution in [2.24, 2.45) is 5.92 Å². The van der Waals surface area contributed by atoms with Crippen LogP contribution in [0.1, 0.15) is 19.7 Å². The van der Waals surface area contributed by atoms with Crippen LogP contribution >= 0.6 is 0 Å². The van der Waals surface area contributed by atoms with Crippen LogP contribution in [0.3, 0.4) is 0 Å². The molecule has 0 aliphatic heterocycles. The summed E-state index contributed by atoms with van der Waals surface area (Å²) in [7, 11) is 0. The van der Waals surface area contributed by atoms with Crippen LogP contribution in [0.2, 0.25) is 0 Å². The molecule has 0 radical (unpaired) electrons. The summed E-state index contributed by atoms with van der Waals surface area (Å²) in [4.78, 5) is 14.9. The Balaban J connectivity index is 2.62. The fraction of sp³-hybridized carbons (Fsp3) is 0.667. The number of halogens is 3. The number of Topliss-reactive ketones (excluding diaryl/α,β-unsaturated/α-hetero) is 1. The standard InChI is InChI=1S/C9H12F3N3O/c1-6(2)7(16)3-8-13-5-15(14-8)4-9(10,11)12/h5-6H,3-4H2,1-2H3. The van der Waals surface area contributed by atoms with Gasteiger partial charge in [0.25, 0.3) is 0 Å². The van der Waals surface area contributed by atoms with Gasteiger partial charge < -0.3 is 0 Å². The maximum Gasteiger partial charge on any atom is 0.408 e. The van der Waals surface area contributed by atoms with Crippen molar-refractivity contribution in [1.29, 1.82) is 0 Å². The van der Waals surface area contributed by atoms with Crippen molar-refractivity contribution in [3.05, 3.63) is 12.2 Å². The van der Waals surface area contributed by atoms with E-state index in [0.29, 0.717) is 4.68 Å². The molecule has 0 spiro atoms. The highest BCUT2D eigenvalue weighted by atomic mass is 19.4. The first kappa shape index (κ1) is 12.7. The Hall–Kier alpha value is -1.40. The van der Waals surface area contributed by atoms with Crippen molar-refractivity contribution in [2.75, 3.05) is 0 Å². The van der Waals surface area contributed by atoms with Gasteiger partial charge in [0.1, 0.15) is 18.7 Å². The van der Waals surface area contributed by atoms with E-state index >= 15 is 0 Å². The lowest BCUT2D eigenvalue weighted by atomic mass is 10.1. The highest BCUT2D eigenvalue weighted by Gasteiger charge is 2.28. The van der Waals surface area contributed by atoms with Gasteiger partial charge in [-0.2, -0.15) is 18.3 Å². The second kappa shape index (κ2) is 4.63. The Bertz CT molecular complexity index is 370. The molecular weight excluding hydrogens is 223 g/mol. The van der Waals surface area contributed by atoms with Crippen LogP contribution in [0, 0.1) is 5.92 Å². The first-order valence-corrected chi connectivity index (χ1v) is 4.75. The second-order valence-electron chi connectivity index (χ2n) is 3.77. The number of hydrogen-bond acceptors (Lipinski definition) is 3. The molecule has 7 heteroatoms. The zero-order valence-corrected chi connectivity index (χ0v) is 8.95. The van der Waals surface area contributed by atoms with E-state index in [4.69, 9.17) is 0 Å². The first-order chi connectivity index (χ1) is 7.28. The van der Waals surface area contributed by atoms with Crippen molar-refractivity contribution in [3.8, 4) is 0 Å². The number of carbonyl (C=O) groups is 1. The van der Waals surface area contributed by atoms with Gasteiger partial charge in [0.15, 0.2) is 5.82 Å². The summed E-state index contributed by atoms with van der Waals surface area (Å²) in [6.45, 7) is 2.25. The van der Waals surface area contributed by atoms with Gasteiger partial charge in [-0.05, 0) is 0 Å². The summed E-state index contributed by atoms with van der Waals surface area (Å²) in [5.41, 5.74) is 0. The molecule has 0 unspecified atom stereocenters. The number of ketones is 1. The van der Waals surface area contributed by atoms with Crippen molar-refractivity contribution >= 4 is 5.78 Å². The molecule has 0 bridgehead atoms. The van der Waals surface area contributed by atoms with E-state index in [-0.39, 0.29) is 23.9 Å². The minimum absolute atomic E-state index is 0.0253. The molecule has 4 nitrogen and oxygen atoms in total. The molecule has 0 aliphatic rings. The molecule has 0 amide bonds. The van der Waals surface area contributed by atoms with E-state index in [0.717, 1.165) is 6.33 Å². The summed E-state index contributed by atoms with van der Waals surface area (Å²) in [6.07, 6.45) is -3.37. The predicted molar refractivity (Wildman–Crippen MR) is 49.6 cm³/mol. The number of alkyl halides is 3. The van der Waals surface area contributed by atoms with Crippen molar-refractivity contribution in [1.82, 2.24) is 14.8 Å². The Kier molecular flexibility index (Phi) is 3.66. The third-order valence-electron chi connectivity index (χ3n) is 1.90. The van der Waals surface area contributed by atoms with Crippen LogP contribution < -0.4 is 0 Å². The zero-order chi connectivity index (χ0) is 12.3. The second-order valence-corrected chi connectivity index (χ2v) is 3.77. The highest BCUT2D eigenvalue weighted by molar-refractivity contribution is 5.81. The van der Waals surface area contributed by atoms with Crippen LogP contribution in [0.4, 0.5) is 13.2 Å². The lowest BCUT2D eigenvalue weighted by molar-refractivity contribution is -0.142.